The molecule has 0 aromatic rings. The number of rotatable bonds is 0. The van der Waals surface area contributed by atoms with Gasteiger partial charge in [-0.25, -0.2) is 0 Å². The first-order chi connectivity index (χ1) is 3.00. The molecule has 1 N–H and O–H groups in total. The van der Waals surface area contributed by atoms with Gasteiger partial charge in [-0.2, -0.15) is 0 Å². The van der Waals surface area contributed by atoms with Gasteiger partial charge in [-0.3, -0.25) is 0 Å². The minimum absolute atomic E-state index is 1.25. The van der Waals surface area contributed by atoms with E-state index in [1.54, 1.807) is 0 Å². The molecule has 0 aromatic heterocycles. The fraction of sp³-hybridized carbons (Fsp3) is 1.00. The second-order valence-electron chi connectivity index (χ2n) is 1.81. The van der Waals surface area contributed by atoms with Crippen LogP contribution in [0, 0.1) is 0 Å². The molecule has 1 aliphatic heterocycles. The summed E-state index contributed by atoms with van der Waals surface area (Å²) in [6.07, 6.45) is 4.22. The molecule has 0 amide bonds. The summed E-state index contributed by atoms with van der Waals surface area (Å²) in [5.41, 5.74) is 0. The zero-order chi connectivity index (χ0) is 4.24. The Morgan fingerprint density at radius 3 is 1.67 bits per heavy atom. The van der Waals surface area contributed by atoms with Crippen LogP contribution in [-0.4, -0.2) is 13.1 Å². The van der Waals surface area contributed by atoms with Crippen LogP contribution < -0.4 is 5.32 Å². The maximum absolute atomic E-state index is 3.28. The number of piperidine rings is 1. The first kappa shape index (κ1) is 4.13. The van der Waals surface area contributed by atoms with Crippen molar-refractivity contribution in [1.29, 1.82) is 0 Å². The van der Waals surface area contributed by atoms with Gasteiger partial charge in [0.1, 0.15) is 0 Å². The van der Waals surface area contributed by atoms with Gasteiger partial charge in [-0.15, -0.1) is 0 Å². The summed E-state index contributed by atoms with van der Waals surface area (Å²) in [5.74, 6) is 0. The third kappa shape index (κ3) is 0.977. The highest BCUT2D eigenvalue weighted by Gasteiger charge is 1.93. The van der Waals surface area contributed by atoms with Crippen LogP contribution in [0.25, 0.3) is 0 Å². The average molecular weight is 86.1 g/mol. The molecular formula is C5H11N. The van der Waals surface area contributed by atoms with E-state index < -0.39 is 0 Å². The molecule has 0 spiro atoms. The van der Waals surface area contributed by atoms with Crippen molar-refractivity contribution < 1.29 is 0 Å². The first-order valence-corrected chi connectivity index (χ1v) is 2.71. The van der Waals surface area contributed by atoms with Crippen LogP contribution in [0.2, 0.25) is 0 Å². The van der Waals surface area contributed by atoms with Crippen LogP contribution in [0.4, 0.5) is 0 Å². The monoisotopic (exact) mass is 86.1 g/mol. The fourth-order valence-electron chi connectivity index (χ4n) is 0.802. The van der Waals surface area contributed by atoms with Crippen LogP contribution in [-0.2, 0) is 0 Å². The smallest absolute Gasteiger partial charge is 0.00489 e. The van der Waals surface area contributed by atoms with Gasteiger partial charge in [-0.1, -0.05) is 6.42 Å². The van der Waals surface area contributed by atoms with Gasteiger partial charge in [-0.05, 0) is 25.9 Å². The lowest BCUT2D eigenvalue weighted by molar-refractivity contribution is 0.520. The van der Waals surface area contributed by atoms with Crippen LogP contribution in [0.15, 0.2) is 0 Å². The Kier molecular flexibility index (Phi) is 1.51. The predicted octanol–water partition coefficient (Wildman–Crippen LogP) is 0.760. The lowest BCUT2D eigenvalue weighted by atomic mass is 10.2. The van der Waals surface area contributed by atoms with Crippen molar-refractivity contribution in [2.75, 3.05) is 13.1 Å². The van der Waals surface area contributed by atoms with Crippen LogP contribution in [0.3, 0.4) is 0 Å². The zero-order valence-corrected chi connectivity index (χ0v) is 4.04. The van der Waals surface area contributed by atoms with Gasteiger partial charge >= 0.3 is 0 Å². The van der Waals surface area contributed by atoms with E-state index in [1.807, 2.05) is 0 Å². The molecule has 1 aliphatic rings. The Morgan fingerprint density at radius 1 is 0.833 bits per heavy atom. The first-order valence-electron chi connectivity index (χ1n) is 2.71. The van der Waals surface area contributed by atoms with Gasteiger partial charge in [0.15, 0.2) is 0 Å². The van der Waals surface area contributed by atoms with Crippen molar-refractivity contribution in [1.82, 2.24) is 5.32 Å². The molecule has 36 valence electrons. The second-order valence-corrected chi connectivity index (χ2v) is 1.81. The van der Waals surface area contributed by atoms with E-state index in [0.29, 0.717) is 0 Å². The van der Waals surface area contributed by atoms with E-state index in [4.69, 9.17) is 0 Å². The average Bonchev–Trinajstić information content (AvgIpc) is 1.72. The van der Waals surface area contributed by atoms with Gasteiger partial charge in [0, 0.05) is 0 Å². The molecule has 1 saturated heterocycles. The van der Waals surface area contributed by atoms with Gasteiger partial charge < -0.3 is 5.32 Å². The molecule has 0 unspecified atom stereocenters. The van der Waals surface area contributed by atoms with Gasteiger partial charge in [0.05, 0.1) is 0 Å². The van der Waals surface area contributed by atoms with Crippen molar-refractivity contribution in [2.45, 2.75) is 19.3 Å². The Hall–Kier alpha value is -0.0400. The maximum atomic E-state index is 3.28. The molecule has 1 rings (SSSR count). The molecule has 0 aromatic carbocycles. The highest BCUT2D eigenvalue weighted by molar-refractivity contribution is 4.55. The largest absolute Gasteiger partial charge is 0.317 e. The van der Waals surface area contributed by atoms with E-state index in [2.05, 4.69) is 5.32 Å². The molecule has 1 heteroatoms. The Labute approximate surface area is 38.7 Å². The summed E-state index contributed by atoms with van der Waals surface area (Å²) in [7, 11) is 0. The Morgan fingerprint density at radius 2 is 1.50 bits per heavy atom. The molecule has 0 bridgehead atoms. The maximum Gasteiger partial charge on any atom is -0.00489 e. The fourth-order valence-corrected chi connectivity index (χ4v) is 0.802. The topological polar surface area (TPSA) is 12.0 Å². The summed E-state index contributed by atoms with van der Waals surface area (Å²) >= 11 is 0. The van der Waals surface area contributed by atoms with E-state index in [-0.39, 0.29) is 0 Å². The van der Waals surface area contributed by atoms with Crippen molar-refractivity contribution in [3.8, 4) is 0 Å². The minimum Gasteiger partial charge on any atom is -0.317 e. The molecule has 1 heterocycles. The molecule has 0 radical (unpaired) electrons. The summed E-state index contributed by atoms with van der Waals surface area (Å²) < 4.78 is 0. The summed E-state index contributed by atoms with van der Waals surface area (Å²) in [5, 5.41) is 3.28. The number of hydrogen-bond acceptors (Lipinski definition) is 1. The second kappa shape index (κ2) is 2.19. The Bertz CT molecular complexity index is 19.4. The Balaban J connectivity index is 2.00. The minimum atomic E-state index is 1.25. The summed E-state index contributed by atoms with van der Waals surface area (Å²) in [4.78, 5) is 0. The third-order valence-corrected chi connectivity index (χ3v) is 1.21. The number of hydrogen-bond donors (Lipinski definition) is 1. The van der Waals surface area contributed by atoms with Crippen LogP contribution in [0.1, 0.15) is 19.3 Å². The third-order valence-electron chi connectivity index (χ3n) is 1.21. The quantitative estimate of drug-likeness (QED) is 0.429. The van der Waals surface area contributed by atoms with E-state index in [1.165, 1.54) is 32.4 Å². The van der Waals surface area contributed by atoms with Gasteiger partial charge in [0.25, 0.3) is 0 Å². The van der Waals surface area contributed by atoms with Crippen molar-refractivity contribution in [3.63, 3.8) is 0 Å². The summed E-state index contributed by atoms with van der Waals surface area (Å²) in [6, 6.07) is 0. The molecule has 0 saturated carbocycles. The highest BCUT2D eigenvalue weighted by atomic mass is 15.0. The lowest BCUT2D eigenvalue weighted by Gasteiger charge is -2.08. The molecule has 1 fully saturated rings. The van der Waals surface area contributed by atoms with E-state index in [9.17, 15) is 0 Å². The molecular weight excluding hydrogens is 75.1 g/mol. The molecule has 0 atom stereocenters. The standard InChI is InChI=1S/C5H11N/c1-2-4-6-5-3-1/h6H,1-5H2/i4+1. The molecule has 1 nitrogen and oxygen atoms in total. The van der Waals surface area contributed by atoms with Crippen molar-refractivity contribution in [2.24, 2.45) is 0 Å². The van der Waals surface area contributed by atoms with E-state index >= 15 is 0 Å². The molecule has 0 aliphatic carbocycles. The number of nitrogens with one attached hydrogen (secondary N) is 1. The van der Waals surface area contributed by atoms with Crippen LogP contribution >= 0.6 is 0 Å². The predicted molar refractivity (Wildman–Crippen MR) is 26.7 cm³/mol. The van der Waals surface area contributed by atoms with Crippen molar-refractivity contribution in [3.05, 3.63) is 0 Å². The SMILES string of the molecule is C1CCN[13CH2]C1. The van der Waals surface area contributed by atoms with E-state index in [0.717, 1.165) is 0 Å². The lowest BCUT2D eigenvalue weighted by Crippen LogP contribution is -2.21. The van der Waals surface area contributed by atoms with Crippen LogP contribution in [0.5, 0.6) is 0 Å². The molecule has 6 heavy (non-hydrogen) atoms. The van der Waals surface area contributed by atoms with Crippen molar-refractivity contribution >= 4 is 0 Å². The zero-order valence-electron chi connectivity index (χ0n) is 4.04. The normalized spacial score (nSPS) is 24.0. The summed E-state index contributed by atoms with van der Waals surface area (Å²) in [6.45, 7) is 2.50. The van der Waals surface area contributed by atoms with Gasteiger partial charge in [0.2, 0.25) is 0 Å². The highest BCUT2D eigenvalue weighted by Crippen LogP contribution is 1.96.